The van der Waals surface area contributed by atoms with Crippen LogP contribution in [0.25, 0.3) is 0 Å². The first-order valence-electron chi connectivity index (χ1n) is 9.49. The number of carbonyl (C=O) groups is 3. The average molecular weight is 429 g/mol. The van der Waals surface area contributed by atoms with Crippen molar-refractivity contribution in [1.29, 1.82) is 5.26 Å². The molecule has 3 rings (SSSR count). The lowest BCUT2D eigenvalue weighted by Gasteiger charge is -2.29. The molecule has 1 aliphatic rings. The van der Waals surface area contributed by atoms with Crippen molar-refractivity contribution in [3.63, 3.8) is 0 Å². The molecule has 0 saturated heterocycles. The first-order chi connectivity index (χ1) is 14.7. The van der Waals surface area contributed by atoms with Gasteiger partial charge in [0.2, 0.25) is 0 Å². The Morgan fingerprint density at radius 2 is 1.71 bits per heavy atom. The van der Waals surface area contributed by atoms with Crippen molar-refractivity contribution >= 4 is 23.3 Å². The standard InChI is InChI=1S/C22H18F3N3O3/c23-22(24,25)15-3-1-4-16(11-15)27-21(31)28-20(14-9-7-13(12-26)8-10-14)19-17(29)5-2-6-18(19)30/h1,3-4,7-11,19-20H,2,5-6H2,(H2,27,28,31). The molecule has 1 fully saturated rings. The van der Waals surface area contributed by atoms with Crippen molar-refractivity contribution in [2.75, 3.05) is 5.32 Å². The molecule has 2 N–H and O–H groups in total. The predicted octanol–water partition coefficient (Wildman–Crippen LogP) is 4.38. The van der Waals surface area contributed by atoms with E-state index in [0.717, 1.165) is 18.2 Å². The molecule has 1 saturated carbocycles. The zero-order chi connectivity index (χ0) is 22.6. The lowest BCUT2D eigenvalue weighted by molar-refractivity contribution is -0.138. The summed E-state index contributed by atoms with van der Waals surface area (Å²) in [5, 5.41) is 13.8. The molecular weight excluding hydrogens is 411 g/mol. The molecular formula is C22H18F3N3O3. The van der Waals surface area contributed by atoms with Crippen molar-refractivity contribution < 1.29 is 27.6 Å². The summed E-state index contributed by atoms with van der Waals surface area (Å²) < 4.78 is 38.7. The summed E-state index contributed by atoms with van der Waals surface area (Å²) in [7, 11) is 0. The lowest BCUT2D eigenvalue weighted by Crippen LogP contribution is -2.43. The number of nitrogens with zero attached hydrogens (tertiary/aromatic N) is 1. The SMILES string of the molecule is N#Cc1ccc(C(NC(=O)Nc2cccc(C(F)(F)F)c2)C2C(=O)CCCC2=O)cc1. The summed E-state index contributed by atoms with van der Waals surface area (Å²) >= 11 is 0. The minimum Gasteiger partial charge on any atom is -0.330 e. The van der Waals surface area contributed by atoms with Gasteiger partial charge in [-0.25, -0.2) is 4.79 Å². The third kappa shape index (κ3) is 5.28. The highest BCUT2D eigenvalue weighted by atomic mass is 19.4. The Balaban J connectivity index is 1.86. The van der Waals surface area contributed by atoms with Crippen molar-refractivity contribution in [3.05, 3.63) is 65.2 Å². The van der Waals surface area contributed by atoms with Gasteiger partial charge in [-0.1, -0.05) is 18.2 Å². The summed E-state index contributed by atoms with van der Waals surface area (Å²) in [4.78, 5) is 37.5. The van der Waals surface area contributed by atoms with Gasteiger partial charge in [-0.05, 0) is 42.3 Å². The number of hydrogen-bond donors (Lipinski definition) is 2. The second-order valence-electron chi connectivity index (χ2n) is 7.15. The molecule has 0 heterocycles. The number of hydrogen-bond acceptors (Lipinski definition) is 4. The van der Waals surface area contributed by atoms with Gasteiger partial charge < -0.3 is 10.6 Å². The number of urea groups is 1. The molecule has 6 nitrogen and oxygen atoms in total. The third-order valence-corrected chi connectivity index (χ3v) is 5.01. The predicted molar refractivity (Wildman–Crippen MR) is 105 cm³/mol. The molecule has 31 heavy (non-hydrogen) atoms. The van der Waals surface area contributed by atoms with Gasteiger partial charge in [-0.15, -0.1) is 0 Å². The van der Waals surface area contributed by atoms with Crippen LogP contribution in [0.5, 0.6) is 0 Å². The van der Waals surface area contributed by atoms with Crippen LogP contribution in [0.4, 0.5) is 23.7 Å². The maximum absolute atomic E-state index is 12.9. The fourth-order valence-corrected chi connectivity index (χ4v) is 3.50. The van der Waals surface area contributed by atoms with Gasteiger partial charge in [-0.2, -0.15) is 18.4 Å². The minimum atomic E-state index is -4.57. The Hall–Kier alpha value is -3.67. The van der Waals surface area contributed by atoms with Crippen LogP contribution in [0.3, 0.4) is 0 Å². The molecule has 0 aromatic heterocycles. The van der Waals surface area contributed by atoms with E-state index in [2.05, 4.69) is 10.6 Å². The summed E-state index contributed by atoms with van der Waals surface area (Å²) in [5.41, 5.74) is -0.220. The first-order valence-corrected chi connectivity index (χ1v) is 9.49. The Bertz CT molecular complexity index is 1030. The van der Waals surface area contributed by atoms with Crippen LogP contribution in [0.1, 0.15) is 42.0 Å². The van der Waals surface area contributed by atoms with E-state index in [1.165, 1.54) is 30.3 Å². The lowest BCUT2D eigenvalue weighted by atomic mass is 9.79. The van der Waals surface area contributed by atoms with Gasteiger partial charge in [0.05, 0.1) is 23.2 Å². The zero-order valence-electron chi connectivity index (χ0n) is 16.2. The van der Waals surface area contributed by atoms with Crippen LogP contribution in [0, 0.1) is 17.2 Å². The topological polar surface area (TPSA) is 99.1 Å². The number of carbonyl (C=O) groups excluding carboxylic acids is 3. The molecule has 2 aromatic carbocycles. The van der Waals surface area contributed by atoms with E-state index in [1.807, 2.05) is 6.07 Å². The summed E-state index contributed by atoms with van der Waals surface area (Å²) in [6.45, 7) is 0. The molecule has 1 aliphatic carbocycles. The van der Waals surface area contributed by atoms with E-state index in [-0.39, 0.29) is 30.1 Å². The number of benzene rings is 2. The number of amides is 2. The average Bonchev–Trinajstić information content (AvgIpc) is 2.72. The molecule has 0 spiro atoms. The van der Waals surface area contributed by atoms with Crippen molar-refractivity contribution in [2.45, 2.75) is 31.5 Å². The summed E-state index contributed by atoms with van der Waals surface area (Å²) in [6.07, 6.45) is -3.75. The molecule has 0 bridgehead atoms. The highest BCUT2D eigenvalue weighted by molar-refractivity contribution is 6.05. The number of Topliss-reactive ketones (excluding diaryl/α,β-unsaturated/α-hetero) is 2. The van der Waals surface area contributed by atoms with E-state index in [9.17, 15) is 27.6 Å². The van der Waals surface area contributed by atoms with E-state index < -0.39 is 29.7 Å². The molecule has 0 aliphatic heterocycles. The number of rotatable bonds is 4. The number of halogens is 3. The van der Waals surface area contributed by atoms with Crippen molar-refractivity contribution in [2.24, 2.45) is 5.92 Å². The highest BCUT2D eigenvalue weighted by Gasteiger charge is 2.38. The number of ketones is 2. The molecule has 1 unspecified atom stereocenters. The van der Waals surface area contributed by atoms with Gasteiger partial charge in [-0.3, -0.25) is 9.59 Å². The fraction of sp³-hybridized carbons (Fsp3) is 0.273. The first kappa shape index (κ1) is 22.0. The van der Waals surface area contributed by atoms with Gasteiger partial charge in [0.15, 0.2) is 0 Å². The van der Waals surface area contributed by atoms with E-state index in [1.54, 1.807) is 0 Å². The second-order valence-corrected chi connectivity index (χ2v) is 7.15. The molecule has 2 aromatic rings. The number of nitriles is 1. The normalized spacial score (nSPS) is 15.8. The number of alkyl halides is 3. The largest absolute Gasteiger partial charge is 0.416 e. The Morgan fingerprint density at radius 1 is 1.06 bits per heavy atom. The van der Waals surface area contributed by atoms with Crippen LogP contribution in [-0.4, -0.2) is 17.6 Å². The number of nitrogens with one attached hydrogen (secondary N) is 2. The quantitative estimate of drug-likeness (QED) is 0.705. The highest BCUT2D eigenvalue weighted by Crippen LogP contribution is 2.32. The number of anilines is 1. The zero-order valence-corrected chi connectivity index (χ0v) is 16.2. The van der Waals surface area contributed by atoms with Gasteiger partial charge >= 0.3 is 12.2 Å². The maximum atomic E-state index is 12.9. The smallest absolute Gasteiger partial charge is 0.330 e. The van der Waals surface area contributed by atoms with E-state index in [0.29, 0.717) is 17.5 Å². The Labute approximate surface area is 176 Å². The molecule has 1 atom stereocenters. The van der Waals surface area contributed by atoms with E-state index >= 15 is 0 Å². The molecule has 160 valence electrons. The van der Waals surface area contributed by atoms with Crippen molar-refractivity contribution in [3.8, 4) is 6.07 Å². The fourth-order valence-electron chi connectivity index (χ4n) is 3.50. The summed E-state index contributed by atoms with van der Waals surface area (Å²) in [6, 6.07) is 10.2. The third-order valence-electron chi connectivity index (χ3n) is 5.01. The van der Waals surface area contributed by atoms with Gasteiger partial charge in [0, 0.05) is 18.5 Å². The summed E-state index contributed by atoms with van der Waals surface area (Å²) in [5.74, 6) is -1.73. The van der Waals surface area contributed by atoms with Crippen molar-refractivity contribution in [1.82, 2.24) is 5.32 Å². The molecule has 9 heteroatoms. The molecule has 0 radical (unpaired) electrons. The van der Waals surface area contributed by atoms with Crippen LogP contribution >= 0.6 is 0 Å². The monoisotopic (exact) mass is 429 g/mol. The van der Waals surface area contributed by atoms with E-state index in [4.69, 9.17) is 5.26 Å². The Morgan fingerprint density at radius 3 is 2.29 bits per heavy atom. The molecule has 2 amide bonds. The van der Waals surface area contributed by atoms with Crippen LogP contribution < -0.4 is 10.6 Å². The second kappa shape index (κ2) is 9.00. The van der Waals surface area contributed by atoms with Gasteiger partial charge in [0.1, 0.15) is 17.5 Å². The van der Waals surface area contributed by atoms with Crippen LogP contribution in [0.2, 0.25) is 0 Å². The maximum Gasteiger partial charge on any atom is 0.416 e. The minimum absolute atomic E-state index is 0.0906. The van der Waals surface area contributed by atoms with Crippen LogP contribution in [0.15, 0.2) is 48.5 Å². The van der Waals surface area contributed by atoms with Gasteiger partial charge in [0.25, 0.3) is 0 Å². The Kier molecular flexibility index (Phi) is 6.39. The van der Waals surface area contributed by atoms with Crippen LogP contribution in [-0.2, 0) is 15.8 Å².